The Bertz CT molecular complexity index is 643. The number of likely N-dealkylation sites (N-methyl/N-ethyl adjacent to an activating group) is 1. The Kier molecular flexibility index (Phi) is 4.01. The van der Waals surface area contributed by atoms with Crippen LogP contribution in [0.1, 0.15) is 80.1 Å². The first-order chi connectivity index (χ1) is 12.0. The molecule has 7 atom stereocenters. The average molecular weight is 358 g/mol. The molecule has 1 amide bonds. The molecule has 0 aromatic heterocycles. The van der Waals surface area contributed by atoms with Gasteiger partial charge in [-0.15, -0.1) is 0 Å². The molecule has 3 saturated carbocycles. The van der Waals surface area contributed by atoms with Crippen LogP contribution < -0.4 is 0 Å². The number of carbonyl (C=O) groups is 1. The predicted octanol–water partition coefficient (Wildman–Crippen LogP) is 5.68. The summed E-state index contributed by atoms with van der Waals surface area (Å²) in [5, 5.41) is 0. The van der Waals surface area contributed by atoms with E-state index in [2.05, 4.69) is 53.5 Å². The zero-order valence-corrected chi connectivity index (χ0v) is 18.1. The van der Waals surface area contributed by atoms with Gasteiger partial charge in [0, 0.05) is 24.6 Å². The minimum absolute atomic E-state index is 0.0610. The quantitative estimate of drug-likeness (QED) is 0.546. The van der Waals surface area contributed by atoms with Gasteiger partial charge in [-0.2, -0.15) is 0 Å². The Hall–Kier alpha value is -0.790. The Labute approximate surface area is 160 Å². The summed E-state index contributed by atoms with van der Waals surface area (Å²) in [7, 11) is 2.05. The van der Waals surface area contributed by atoms with Crippen LogP contribution in [0, 0.1) is 39.9 Å². The number of carbonyl (C=O) groups excluding carboxylic acids is 1. The molecule has 0 spiro atoms. The van der Waals surface area contributed by atoms with Gasteiger partial charge in [0.15, 0.2) is 0 Å². The summed E-state index contributed by atoms with van der Waals surface area (Å²) in [5.74, 6) is 3.43. The van der Waals surface area contributed by atoms with E-state index < -0.39 is 0 Å². The third-order valence-electron chi connectivity index (χ3n) is 9.30. The van der Waals surface area contributed by atoms with Gasteiger partial charge in [-0.05, 0) is 66.6 Å². The molecule has 0 N–H and O–H groups in total. The van der Waals surface area contributed by atoms with Crippen molar-refractivity contribution in [2.45, 2.75) is 86.1 Å². The Morgan fingerprint density at radius 3 is 2.46 bits per heavy atom. The molecular weight excluding hydrogens is 318 g/mol. The highest BCUT2D eigenvalue weighted by Gasteiger charge is 2.62. The Balaban J connectivity index is 1.84. The highest BCUT2D eigenvalue weighted by atomic mass is 16.2. The SMILES string of the molecule is C[C@H]1C[C@H]2N(C)C(=O)C=C(C(C)(C)C)[C@]2(C)[C@H]2CC[C@]3(C)CCC[C@H]3[C@H]12. The van der Waals surface area contributed by atoms with Gasteiger partial charge in [-0.1, -0.05) is 53.5 Å². The number of hydrogen-bond acceptors (Lipinski definition) is 1. The maximum absolute atomic E-state index is 12.8. The van der Waals surface area contributed by atoms with E-state index in [4.69, 9.17) is 0 Å². The van der Waals surface area contributed by atoms with Crippen LogP contribution in [0.3, 0.4) is 0 Å². The molecule has 2 heteroatoms. The normalized spacial score (nSPS) is 48.6. The molecule has 0 radical (unpaired) electrons. The van der Waals surface area contributed by atoms with Gasteiger partial charge >= 0.3 is 0 Å². The van der Waals surface area contributed by atoms with Crippen molar-refractivity contribution in [3.05, 3.63) is 11.6 Å². The molecule has 0 aromatic rings. The Morgan fingerprint density at radius 1 is 1.12 bits per heavy atom. The molecule has 146 valence electrons. The molecule has 4 rings (SSSR count). The molecule has 2 nitrogen and oxygen atoms in total. The van der Waals surface area contributed by atoms with Gasteiger partial charge in [-0.25, -0.2) is 0 Å². The van der Waals surface area contributed by atoms with Crippen LogP contribution in [-0.4, -0.2) is 23.9 Å². The molecule has 4 aliphatic rings. The van der Waals surface area contributed by atoms with E-state index in [-0.39, 0.29) is 16.7 Å². The zero-order valence-electron chi connectivity index (χ0n) is 18.1. The van der Waals surface area contributed by atoms with Crippen LogP contribution in [0.15, 0.2) is 11.6 Å². The first-order valence-electron chi connectivity index (χ1n) is 11.0. The summed E-state index contributed by atoms with van der Waals surface area (Å²) in [6, 6.07) is 0.372. The van der Waals surface area contributed by atoms with E-state index in [1.165, 1.54) is 44.1 Å². The van der Waals surface area contributed by atoms with Crippen molar-refractivity contribution in [3.63, 3.8) is 0 Å². The fourth-order valence-electron chi connectivity index (χ4n) is 8.18. The summed E-state index contributed by atoms with van der Waals surface area (Å²) in [6.07, 6.45) is 10.2. The highest BCUT2D eigenvalue weighted by molar-refractivity contribution is 5.90. The second-order valence-corrected chi connectivity index (χ2v) is 11.6. The van der Waals surface area contributed by atoms with Gasteiger partial charge in [0.05, 0.1) is 0 Å². The zero-order chi connectivity index (χ0) is 19.1. The Morgan fingerprint density at radius 2 is 1.81 bits per heavy atom. The first-order valence-corrected chi connectivity index (χ1v) is 11.0. The van der Waals surface area contributed by atoms with Crippen LogP contribution in [0.5, 0.6) is 0 Å². The molecular formula is C24H39NO. The lowest BCUT2D eigenvalue weighted by Gasteiger charge is -2.64. The number of amides is 1. The maximum atomic E-state index is 12.8. The van der Waals surface area contributed by atoms with Crippen molar-refractivity contribution in [1.29, 1.82) is 0 Å². The molecule has 0 saturated heterocycles. The molecule has 3 aliphatic carbocycles. The van der Waals surface area contributed by atoms with Crippen LogP contribution in [0.4, 0.5) is 0 Å². The fourth-order valence-corrected chi connectivity index (χ4v) is 8.18. The van der Waals surface area contributed by atoms with Gasteiger partial charge in [0.2, 0.25) is 5.91 Å². The monoisotopic (exact) mass is 357 g/mol. The topological polar surface area (TPSA) is 20.3 Å². The molecule has 3 fully saturated rings. The first kappa shape index (κ1) is 18.6. The number of fused-ring (bicyclic) bond motifs is 5. The van der Waals surface area contributed by atoms with Crippen molar-refractivity contribution >= 4 is 5.91 Å². The van der Waals surface area contributed by atoms with Crippen LogP contribution in [0.2, 0.25) is 0 Å². The largest absolute Gasteiger partial charge is 0.338 e. The number of hydrogen-bond donors (Lipinski definition) is 0. The minimum Gasteiger partial charge on any atom is -0.338 e. The average Bonchev–Trinajstić information content (AvgIpc) is 2.93. The van der Waals surface area contributed by atoms with Crippen LogP contribution in [0.25, 0.3) is 0 Å². The van der Waals surface area contributed by atoms with E-state index in [1.807, 2.05) is 6.08 Å². The number of rotatable bonds is 0. The maximum Gasteiger partial charge on any atom is 0.246 e. The molecule has 26 heavy (non-hydrogen) atoms. The van der Waals surface area contributed by atoms with Crippen molar-refractivity contribution in [2.24, 2.45) is 39.9 Å². The summed E-state index contributed by atoms with van der Waals surface area (Å²) in [6.45, 7) is 14.5. The van der Waals surface area contributed by atoms with Crippen molar-refractivity contribution in [3.8, 4) is 0 Å². The lowest BCUT2D eigenvalue weighted by Crippen LogP contribution is -2.64. The van der Waals surface area contributed by atoms with Crippen LogP contribution in [-0.2, 0) is 4.79 Å². The lowest BCUT2D eigenvalue weighted by molar-refractivity contribution is -0.147. The van der Waals surface area contributed by atoms with Crippen molar-refractivity contribution in [1.82, 2.24) is 4.90 Å². The van der Waals surface area contributed by atoms with E-state index in [0.717, 1.165) is 23.7 Å². The third kappa shape index (κ3) is 2.32. The van der Waals surface area contributed by atoms with E-state index >= 15 is 0 Å². The molecule has 1 aliphatic heterocycles. The van der Waals surface area contributed by atoms with Gasteiger partial charge in [-0.3, -0.25) is 4.79 Å². The van der Waals surface area contributed by atoms with E-state index in [1.54, 1.807) is 0 Å². The second-order valence-electron chi connectivity index (χ2n) is 11.6. The summed E-state index contributed by atoms with van der Waals surface area (Å²) < 4.78 is 0. The van der Waals surface area contributed by atoms with Gasteiger partial charge in [0.25, 0.3) is 0 Å². The van der Waals surface area contributed by atoms with E-state index in [0.29, 0.717) is 11.5 Å². The van der Waals surface area contributed by atoms with Gasteiger partial charge in [0.1, 0.15) is 0 Å². The van der Waals surface area contributed by atoms with Crippen molar-refractivity contribution < 1.29 is 4.79 Å². The standard InChI is InChI=1S/C24H39NO/c1-15-13-19-24(6,18(22(2,3)4)14-20(26)25(19)7)17-10-12-23(5)11-8-9-16(23)21(15)17/h14-17,19,21H,8-13H2,1-7H3/t15-,16-,17-,19+,21-,23-,24-/m0/s1. The molecule has 0 bridgehead atoms. The van der Waals surface area contributed by atoms with E-state index in [9.17, 15) is 4.79 Å². The fraction of sp³-hybridized carbons (Fsp3) is 0.875. The summed E-state index contributed by atoms with van der Waals surface area (Å²) in [4.78, 5) is 14.9. The predicted molar refractivity (Wildman–Crippen MR) is 108 cm³/mol. The summed E-state index contributed by atoms with van der Waals surface area (Å²) in [5.41, 5.74) is 2.22. The summed E-state index contributed by atoms with van der Waals surface area (Å²) >= 11 is 0. The van der Waals surface area contributed by atoms with Gasteiger partial charge < -0.3 is 4.90 Å². The van der Waals surface area contributed by atoms with Crippen molar-refractivity contribution in [2.75, 3.05) is 7.05 Å². The molecule has 0 unspecified atom stereocenters. The smallest absolute Gasteiger partial charge is 0.246 e. The number of nitrogens with zero attached hydrogens (tertiary/aromatic N) is 1. The molecule has 1 heterocycles. The molecule has 0 aromatic carbocycles. The lowest BCUT2D eigenvalue weighted by atomic mass is 9.43. The van der Waals surface area contributed by atoms with Crippen LogP contribution >= 0.6 is 0 Å². The minimum atomic E-state index is 0.0610. The third-order valence-corrected chi connectivity index (χ3v) is 9.30. The highest BCUT2D eigenvalue weighted by Crippen LogP contribution is 2.67. The second kappa shape index (κ2) is 5.61.